The molecule has 1 aromatic carbocycles. The molecule has 6 heteroatoms. The molecule has 0 saturated heterocycles. The van der Waals surface area contributed by atoms with E-state index in [9.17, 15) is 0 Å². The summed E-state index contributed by atoms with van der Waals surface area (Å²) in [6, 6.07) is 7.90. The molecule has 2 rings (SSSR count). The third-order valence-corrected chi connectivity index (χ3v) is 6.57. The maximum atomic E-state index is 6.06. The average Bonchev–Trinajstić information content (AvgIpc) is 2.65. The Labute approximate surface area is 137 Å². The van der Waals surface area contributed by atoms with Gasteiger partial charge in [-0.1, -0.05) is 29.3 Å². The molecule has 1 N–H and O–H groups in total. The van der Waals surface area contributed by atoms with Crippen LogP contribution in [-0.2, 0) is 0 Å². The second kappa shape index (κ2) is 6.25. The summed E-state index contributed by atoms with van der Waals surface area (Å²) in [7, 11) is 1.93. The fourth-order valence-electron chi connectivity index (χ4n) is 1.67. The fourth-order valence-corrected chi connectivity index (χ4v) is 4.21. The third-order valence-electron chi connectivity index (χ3n) is 2.51. The van der Waals surface area contributed by atoms with E-state index in [1.165, 1.54) is 4.88 Å². The molecular weight excluding hydrogens is 421 g/mol. The first-order valence-corrected chi connectivity index (χ1v) is 8.25. The number of halogens is 4. The van der Waals surface area contributed by atoms with Gasteiger partial charge in [-0.25, -0.2) is 0 Å². The number of hydrogen-bond acceptors (Lipinski definition) is 2. The van der Waals surface area contributed by atoms with E-state index in [0.29, 0.717) is 10.0 Å². The van der Waals surface area contributed by atoms with E-state index >= 15 is 0 Å². The number of thiophene rings is 1. The SMILES string of the molecule is CNC(c1ccc(Cl)c(Cl)c1)c1cc(Br)c(Br)s1. The molecule has 1 unspecified atom stereocenters. The highest BCUT2D eigenvalue weighted by atomic mass is 79.9. The molecule has 1 nitrogen and oxygen atoms in total. The van der Waals surface area contributed by atoms with Crippen LogP contribution in [0.3, 0.4) is 0 Å². The smallest absolute Gasteiger partial charge is 0.0843 e. The van der Waals surface area contributed by atoms with Gasteiger partial charge in [0.2, 0.25) is 0 Å². The Balaban J connectivity index is 2.41. The largest absolute Gasteiger partial charge is 0.309 e. The van der Waals surface area contributed by atoms with Gasteiger partial charge in [-0.15, -0.1) is 11.3 Å². The summed E-state index contributed by atoms with van der Waals surface area (Å²) in [5, 5.41) is 4.44. The summed E-state index contributed by atoms with van der Waals surface area (Å²) < 4.78 is 2.14. The van der Waals surface area contributed by atoms with Crippen LogP contribution in [0.4, 0.5) is 0 Å². The molecule has 0 aliphatic heterocycles. The van der Waals surface area contributed by atoms with Crippen molar-refractivity contribution in [1.29, 1.82) is 0 Å². The van der Waals surface area contributed by atoms with E-state index in [-0.39, 0.29) is 6.04 Å². The molecule has 1 heterocycles. The highest BCUT2D eigenvalue weighted by molar-refractivity contribution is 9.13. The third kappa shape index (κ3) is 3.11. The van der Waals surface area contributed by atoms with Crippen molar-refractivity contribution in [2.45, 2.75) is 6.04 Å². The normalized spacial score (nSPS) is 12.7. The van der Waals surface area contributed by atoms with Gasteiger partial charge in [-0.05, 0) is 62.7 Å². The summed E-state index contributed by atoms with van der Waals surface area (Å²) in [5.74, 6) is 0. The number of rotatable bonds is 3. The van der Waals surface area contributed by atoms with Crippen LogP contribution < -0.4 is 5.32 Å². The van der Waals surface area contributed by atoms with Crippen molar-refractivity contribution in [3.8, 4) is 0 Å². The van der Waals surface area contributed by atoms with Crippen LogP contribution in [0.25, 0.3) is 0 Å². The molecule has 0 bridgehead atoms. The van der Waals surface area contributed by atoms with Gasteiger partial charge in [0.05, 0.1) is 19.9 Å². The van der Waals surface area contributed by atoms with Crippen molar-refractivity contribution in [3.05, 3.63) is 53.0 Å². The Morgan fingerprint density at radius 3 is 2.39 bits per heavy atom. The van der Waals surface area contributed by atoms with Crippen LogP contribution in [0.2, 0.25) is 10.0 Å². The summed E-state index contributed by atoms with van der Waals surface area (Å²) in [4.78, 5) is 1.20. The summed E-state index contributed by atoms with van der Waals surface area (Å²) >= 11 is 20.7. The van der Waals surface area contributed by atoms with Crippen LogP contribution >= 0.6 is 66.4 Å². The molecule has 1 aromatic heterocycles. The molecule has 96 valence electrons. The first-order chi connectivity index (χ1) is 8.52. The van der Waals surface area contributed by atoms with Crippen LogP contribution in [0.1, 0.15) is 16.5 Å². The summed E-state index contributed by atoms with van der Waals surface area (Å²) in [6.07, 6.45) is 0. The molecule has 0 aliphatic carbocycles. The minimum atomic E-state index is 0.104. The van der Waals surface area contributed by atoms with Crippen molar-refractivity contribution >= 4 is 66.4 Å². The van der Waals surface area contributed by atoms with Crippen LogP contribution in [0, 0.1) is 0 Å². The van der Waals surface area contributed by atoms with Gasteiger partial charge in [0.1, 0.15) is 0 Å². The molecule has 2 aromatic rings. The monoisotopic (exact) mass is 427 g/mol. The maximum Gasteiger partial charge on any atom is 0.0843 e. The standard InChI is InChI=1S/C12H9Br2Cl2NS/c1-17-11(10-5-7(13)12(14)18-10)6-2-3-8(15)9(16)4-6/h2-5,11,17H,1H3. The highest BCUT2D eigenvalue weighted by Crippen LogP contribution is 2.38. The van der Waals surface area contributed by atoms with Crippen molar-refractivity contribution in [2.75, 3.05) is 7.05 Å². The zero-order chi connectivity index (χ0) is 13.3. The van der Waals surface area contributed by atoms with Gasteiger partial charge in [0, 0.05) is 9.35 Å². The van der Waals surface area contributed by atoms with Gasteiger partial charge < -0.3 is 5.32 Å². The Kier molecular flexibility index (Phi) is 5.14. The Bertz CT molecular complexity index is 552. The van der Waals surface area contributed by atoms with E-state index in [0.717, 1.165) is 13.8 Å². The van der Waals surface area contributed by atoms with E-state index in [4.69, 9.17) is 23.2 Å². The molecule has 0 radical (unpaired) electrons. The van der Waals surface area contributed by atoms with E-state index in [1.54, 1.807) is 11.3 Å². The minimum absolute atomic E-state index is 0.104. The summed E-state index contributed by atoms with van der Waals surface area (Å²) in [6.45, 7) is 0. The molecule has 0 aliphatic rings. The van der Waals surface area contributed by atoms with Crippen molar-refractivity contribution in [3.63, 3.8) is 0 Å². The number of hydrogen-bond donors (Lipinski definition) is 1. The first-order valence-electron chi connectivity index (χ1n) is 5.10. The minimum Gasteiger partial charge on any atom is -0.309 e. The maximum absolute atomic E-state index is 6.06. The Morgan fingerprint density at radius 2 is 1.89 bits per heavy atom. The van der Waals surface area contributed by atoms with E-state index in [2.05, 4.69) is 43.2 Å². The quantitative estimate of drug-likeness (QED) is 0.641. The van der Waals surface area contributed by atoms with Crippen LogP contribution in [-0.4, -0.2) is 7.05 Å². The second-order valence-corrected chi connectivity index (χ2v) is 7.74. The van der Waals surface area contributed by atoms with Crippen LogP contribution in [0.15, 0.2) is 32.5 Å². The first kappa shape index (κ1) is 14.8. The van der Waals surface area contributed by atoms with Gasteiger partial charge in [-0.3, -0.25) is 0 Å². The Hall–Kier alpha value is 0.420. The van der Waals surface area contributed by atoms with Crippen LogP contribution in [0.5, 0.6) is 0 Å². The molecule has 1 atom stereocenters. The fraction of sp³-hybridized carbons (Fsp3) is 0.167. The zero-order valence-electron chi connectivity index (χ0n) is 9.31. The molecule has 0 amide bonds. The molecule has 18 heavy (non-hydrogen) atoms. The topological polar surface area (TPSA) is 12.0 Å². The highest BCUT2D eigenvalue weighted by Gasteiger charge is 2.17. The van der Waals surface area contributed by atoms with Crippen molar-refractivity contribution in [1.82, 2.24) is 5.32 Å². The van der Waals surface area contributed by atoms with Gasteiger partial charge >= 0.3 is 0 Å². The lowest BCUT2D eigenvalue weighted by Crippen LogP contribution is -2.16. The predicted octanol–water partition coefficient (Wildman–Crippen LogP) is 5.89. The van der Waals surface area contributed by atoms with Crippen molar-refractivity contribution in [2.24, 2.45) is 0 Å². The molecule has 0 spiro atoms. The Morgan fingerprint density at radius 1 is 1.17 bits per heavy atom. The number of benzene rings is 1. The van der Waals surface area contributed by atoms with Gasteiger partial charge in [0.25, 0.3) is 0 Å². The van der Waals surface area contributed by atoms with E-state index < -0.39 is 0 Å². The molecular formula is C12H9Br2Cl2NS. The lowest BCUT2D eigenvalue weighted by Gasteiger charge is -2.15. The molecule has 0 fully saturated rings. The average molecular weight is 430 g/mol. The molecule has 0 saturated carbocycles. The second-order valence-electron chi connectivity index (χ2n) is 3.67. The van der Waals surface area contributed by atoms with Crippen molar-refractivity contribution < 1.29 is 0 Å². The zero-order valence-corrected chi connectivity index (χ0v) is 14.8. The number of nitrogens with one attached hydrogen (secondary N) is 1. The lowest BCUT2D eigenvalue weighted by molar-refractivity contribution is 0.704. The van der Waals surface area contributed by atoms with Gasteiger partial charge in [-0.2, -0.15) is 0 Å². The lowest BCUT2D eigenvalue weighted by atomic mass is 10.1. The predicted molar refractivity (Wildman–Crippen MR) is 87.1 cm³/mol. The van der Waals surface area contributed by atoms with Gasteiger partial charge in [0.15, 0.2) is 0 Å². The van der Waals surface area contributed by atoms with E-state index in [1.807, 2.05) is 25.2 Å². The summed E-state index contributed by atoms with van der Waals surface area (Å²) in [5.41, 5.74) is 1.09.